The fraction of sp³-hybridized carbons (Fsp3) is 0.682. The number of unbranched alkanes of at least 4 members (excludes halogenated alkanes) is 14. The molecular weight excluding hydrogens is 687 g/mol. The molecule has 53 heavy (non-hydrogen) atoms. The van der Waals surface area contributed by atoms with Crippen LogP contribution in [-0.4, -0.2) is 43.3 Å². The molecule has 1 N–H and O–H groups in total. The Morgan fingerprint density at radius 3 is 1.51 bits per heavy atom. The minimum atomic E-state index is -4.28. The van der Waals surface area contributed by atoms with Gasteiger partial charge in [-0.3, -0.25) is 18.6 Å². The van der Waals surface area contributed by atoms with E-state index >= 15 is 0 Å². The average molecular weight is 763 g/mol. The molecule has 0 aromatic rings. The van der Waals surface area contributed by atoms with Crippen molar-refractivity contribution in [1.82, 2.24) is 0 Å². The number of hydrogen-bond acceptors (Lipinski definition) is 7. The van der Waals surface area contributed by atoms with Gasteiger partial charge in [0.15, 0.2) is 6.10 Å². The Morgan fingerprint density at radius 1 is 0.547 bits per heavy atom. The number of carbonyl (C=O) groups is 2. The lowest BCUT2D eigenvalue weighted by Gasteiger charge is -2.19. The van der Waals surface area contributed by atoms with Crippen molar-refractivity contribution in [1.29, 1.82) is 0 Å². The molecule has 0 radical (unpaired) electrons. The third-order valence-electron chi connectivity index (χ3n) is 8.45. The van der Waals surface area contributed by atoms with Crippen molar-refractivity contribution in [3.63, 3.8) is 0 Å². The second-order valence-electron chi connectivity index (χ2n) is 13.4. The summed E-state index contributed by atoms with van der Waals surface area (Å²) in [6.45, 7) is 3.68. The molecule has 0 amide bonds. The van der Waals surface area contributed by atoms with Crippen LogP contribution in [0.1, 0.15) is 168 Å². The molecule has 9 heteroatoms. The van der Waals surface area contributed by atoms with Gasteiger partial charge in [0, 0.05) is 20.0 Å². The van der Waals surface area contributed by atoms with Crippen molar-refractivity contribution >= 4 is 19.8 Å². The summed E-state index contributed by atoms with van der Waals surface area (Å²) < 4.78 is 31.8. The van der Waals surface area contributed by atoms with Crippen molar-refractivity contribution in [3.05, 3.63) is 72.9 Å². The largest absolute Gasteiger partial charge is 0.472 e. The summed E-state index contributed by atoms with van der Waals surface area (Å²) >= 11 is 0. The van der Waals surface area contributed by atoms with Crippen LogP contribution < -0.4 is 0 Å². The second kappa shape index (κ2) is 39.2. The van der Waals surface area contributed by atoms with Gasteiger partial charge in [0.25, 0.3) is 0 Å². The van der Waals surface area contributed by atoms with E-state index in [1.807, 2.05) is 12.2 Å². The van der Waals surface area contributed by atoms with Crippen LogP contribution in [0.15, 0.2) is 72.9 Å². The Morgan fingerprint density at radius 2 is 1.00 bits per heavy atom. The van der Waals surface area contributed by atoms with E-state index in [-0.39, 0.29) is 19.4 Å². The van der Waals surface area contributed by atoms with Crippen LogP contribution in [0.4, 0.5) is 0 Å². The SMILES string of the molecule is CC/C=C\C/C=C\C/C=C\C/C=C\CCC(=O)OC(COC(=O)CCCCCCCCCCC/C=C\C/C=C\CCCCCCC)COP(=O)(O)OC. The van der Waals surface area contributed by atoms with E-state index in [0.29, 0.717) is 6.42 Å². The van der Waals surface area contributed by atoms with Crippen molar-refractivity contribution in [2.75, 3.05) is 20.3 Å². The maximum absolute atomic E-state index is 12.4. The van der Waals surface area contributed by atoms with Gasteiger partial charge in [-0.15, -0.1) is 0 Å². The number of carbonyl (C=O) groups excluding carboxylic acids is 2. The summed E-state index contributed by atoms with van der Waals surface area (Å²) in [4.78, 5) is 34.4. The van der Waals surface area contributed by atoms with Crippen LogP contribution in [0.25, 0.3) is 0 Å². The molecule has 2 unspecified atom stereocenters. The van der Waals surface area contributed by atoms with Gasteiger partial charge in [-0.05, 0) is 70.6 Å². The molecule has 0 aliphatic carbocycles. The molecule has 0 rings (SSSR count). The van der Waals surface area contributed by atoms with Crippen LogP contribution in [-0.2, 0) is 32.7 Å². The van der Waals surface area contributed by atoms with Gasteiger partial charge < -0.3 is 14.4 Å². The highest BCUT2D eigenvalue weighted by Crippen LogP contribution is 2.42. The first kappa shape index (κ1) is 50.5. The Bertz CT molecular complexity index is 1090. The molecule has 0 heterocycles. The Balaban J connectivity index is 4.06. The number of rotatable bonds is 37. The van der Waals surface area contributed by atoms with Crippen LogP contribution in [0, 0.1) is 0 Å². The number of ether oxygens (including phenoxy) is 2. The van der Waals surface area contributed by atoms with Crippen LogP contribution >= 0.6 is 7.82 Å². The summed E-state index contributed by atoms with van der Waals surface area (Å²) in [6, 6.07) is 0. The van der Waals surface area contributed by atoms with Gasteiger partial charge in [-0.25, -0.2) is 4.57 Å². The third-order valence-corrected chi connectivity index (χ3v) is 9.38. The van der Waals surface area contributed by atoms with Gasteiger partial charge >= 0.3 is 19.8 Å². The molecule has 0 aliphatic heterocycles. The van der Waals surface area contributed by atoms with Crippen LogP contribution in [0.2, 0.25) is 0 Å². The molecule has 0 aromatic heterocycles. The van der Waals surface area contributed by atoms with Gasteiger partial charge in [0.05, 0.1) is 6.61 Å². The standard InChI is InChI=1S/C44H75O8P/c1-4-6-8-10-12-14-16-18-19-20-21-22-23-24-25-27-28-30-32-34-36-38-43(45)50-40-42(41-51-53(47,48)49-3)52-44(46)39-37-35-33-31-29-26-17-15-13-11-9-7-5-2/h7,9,13,15-16,18,20-21,26,29,33,35,42H,4-6,8,10-12,14,17,19,22-25,27-28,30-32,34,36-41H2,1-3H3,(H,47,48)/b9-7-,15-13-,18-16-,21-20-,29-26-,35-33-. The predicted molar refractivity (Wildman–Crippen MR) is 221 cm³/mol. The van der Waals surface area contributed by atoms with Gasteiger partial charge in [-0.1, -0.05) is 157 Å². The Kier molecular flexibility index (Phi) is 37.3. The summed E-state index contributed by atoms with van der Waals surface area (Å²) in [5, 5.41) is 0. The van der Waals surface area contributed by atoms with Crippen molar-refractivity contribution in [2.45, 2.75) is 174 Å². The summed E-state index contributed by atoms with van der Waals surface area (Å²) in [5.74, 6) is -0.909. The fourth-order valence-corrected chi connectivity index (χ4v) is 5.75. The normalized spacial score (nSPS) is 14.1. The first-order valence-corrected chi connectivity index (χ1v) is 22.1. The molecule has 0 aromatic carbocycles. The maximum atomic E-state index is 12.4. The highest BCUT2D eigenvalue weighted by atomic mass is 31.2. The molecule has 0 saturated heterocycles. The van der Waals surface area contributed by atoms with Crippen LogP contribution in [0.3, 0.4) is 0 Å². The molecule has 0 spiro atoms. The number of hydrogen-bond donors (Lipinski definition) is 1. The summed E-state index contributed by atoms with van der Waals surface area (Å²) in [6.07, 6.45) is 49.8. The highest BCUT2D eigenvalue weighted by molar-refractivity contribution is 7.47. The molecule has 8 nitrogen and oxygen atoms in total. The van der Waals surface area contributed by atoms with Crippen molar-refractivity contribution in [2.24, 2.45) is 0 Å². The van der Waals surface area contributed by atoms with Gasteiger partial charge in [0.1, 0.15) is 6.61 Å². The second-order valence-corrected chi connectivity index (χ2v) is 14.9. The third kappa shape index (κ3) is 39.0. The zero-order valence-corrected chi connectivity index (χ0v) is 34.5. The minimum absolute atomic E-state index is 0.120. The van der Waals surface area contributed by atoms with Gasteiger partial charge in [-0.2, -0.15) is 0 Å². The molecule has 0 bridgehead atoms. The fourth-order valence-electron chi connectivity index (χ4n) is 5.29. The van der Waals surface area contributed by atoms with Gasteiger partial charge in [0.2, 0.25) is 0 Å². The van der Waals surface area contributed by atoms with E-state index in [4.69, 9.17) is 14.0 Å². The monoisotopic (exact) mass is 763 g/mol. The van der Waals surface area contributed by atoms with Crippen molar-refractivity contribution < 1.29 is 37.6 Å². The molecule has 304 valence electrons. The lowest BCUT2D eigenvalue weighted by Crippen LogP contribution is -2.29. The molecular formula is C44H75O8P. The summed E-state index contributed by atoms with van der Waals surface area (Å²) in [7, 11) is -3.24. The zero-order chi connectivity index (χ0) is 38.9. The number of phosphoric ester groups is 1. The van der Waals surface area contributed by atoms with E-state index < -0.39 is 32.5 Å². The number of esters is 2. The summed E-state index contributed by atoms with van der Waals surface area (Å²) in [5.41, 5.74) is 0. The smallest absolute Gasteiger partial charge is 0.462 e. The Labute approximate surface area is 323 Å². The molecule has 0 saturated carbocycles. The topological polar surface area (TPSA) is 108 Å². The highest BCUT2D eigenvalue weighted by Gasteiger charge is 2.24. The molecule has 0 aliphatic rings. The zero-order valence-electron chi connectivity index (χ0n) is 33.6. The molecule has 0 fully saturated rings. The lowest BCUT2D eigenvalue weighted by atomic mass is 10.1. The molecule has 2 atom stereocenters. The van der Waals surface area contributed by atoms with Crippen molar-refractivity contribution in [3.8, 4) is 0 Å². The maximum Gasteiger partial charge on any atom is 0.472 e. The predicted octanol–water partition coefficient (Wildman–Crippen LogP) is 12.9. The quantitative estimate of drug-likeness (QED) is 0.0288. The average Bonchev–Trinajstić information content (AvgIpc) is 3.15. The minimum Gasteiger partial charge on any atom is -0.462 e. The first-order chi connectivity index (χ1) is 25.8. The van der Waals surface area contributed by atoms with E-state index in [0.717, 1.165) is 64.9 Å². The Hall–Kier alpha value is -2.51. The van der Waals surface area contributed by atoms with E-state index in [1.54, 1.807) is 0 Å². The van der Waals surface area contributed by atoms with E-state index in [9.17, 15) is 19.0 Å². The first-order valence-electron chi connectivity index (χ1n) is 20.6. The number of allylic oxidation sites excluding steroid dienone is 12. The van der Waals surface area contributed by atoms with Crippen LogP contribution in [0.5, 0.6) is 0 Å². The van der Waals surface area contributed by atoms with E-state index in [1.165, 1.54) is 77.0 Å². The van der Waals surface area contributed by atoms with E-state index in [2.05, 4.69) is 79.1 Å². The lowest BCUT2D eigenvalue weighted by molar-refractivity contribution is -0.161. The number of phosphoric acid groups is 1.